The van der Waals surface area contributed by atoms with E-state index < -0.39 is 4.33 Å². The number of nitrogen functional groups attached to an aromatic ring is 1. The Hall–Kier alpha value is -1.50. The summed E-state index contributed by atoms with van der Waals surface area (Å²) in [4.78, 5) is 30.0. The van der Waals surface area contributed by atoms with Crippen molar-refractivity contribution in [1.82, 2.24) is 9.97 Å². The second-order valence-electron chi connectivity index (χ2n) is 5.33. The van der Waals surface area contributed by atoms with E-state index >= 15 is 0 Å². The number of nitrogens with zero attached hydrogens (tertiary/aromatic N) is 1. The van der Waals surface area contributed by atoms with Crippen molar-refractivity contribution in [3.05, 3.63) is 51.8 Å². The molecule has 5 nitrogen and oxygen atoms in total. The number of Topliss-reactive ketones (excluding diaryl/α,β-unsaturated/α-hetero) is 1. The first-order chi connectivity index (χ1) is 10.8. The number of thioether (sulfide) groups is 1. The van der Waals surface area contributed by atoms with Crippen LogP contribution in [0.2, 0.25) is 0 Å². The highest BCUT2D eigenvalue weighted by molar-refractivity contribution is 7.99. The average molecular weight is 370 g/mol. The highest BCUT2D eigenvalue weighted by Gasteiger charge is 2.52. The number of ketones is 1. The van der Waals surface area contributed by atoms with Gasteiger partial charge in [-0.2, -0.15) is 0 Å². The Kier molecular flexibility index (Phi) is 4.40. The van der Waals surface area contributed by atoms with Crippen molar-refractivity contribution in [2.24, 2.45) is 0 Å². The highest BCUT2D eigenvalue weighted by atomic mass is 35.5. The molecule has 1 aromatic heterocycles. The van der Waals surface area contributed by atoms with E-state index in [1.807, 2.05) is 12.1 Å². The Balaban J connectivity index is 1.63. The zero-order valence-corrected chi connectivity index (χ0v) is 14.2. The predicted octanol–water partition coefficient (Wildman–Crippen LogP) is 2.99. The quantitative estimate of drug-likeness (QED) is 0.366. The minimum Gasteiger partial charge on any atom is -0.383 e. The van der Waals surface area contributed by atoms with Gasteiger partial charge < -0.3 is 10.7 Å². The standard InChI is InChI=1S/C15H13Cl2N3O2S/c16-15(17)6-10(15)8-1-3-9(4-2-8)11(21)7-23-14-19-12(18)5-13(22)20-14/h1-5,10H,6-7H2,(H3,18,19,20,22). The highest BCUT2D eigenvalue weighted by Crippen LogP contribution is 2.59. The van der Waals surface area contributed by atoms with Crippen molar-refractivity contribution in [2.75, 3.05) is 11.5 Å². The minimum absolute atomic E-state index is 0.0644. The van der Waals surface area contributed by atoms with Gasteiger partial charge in [0.2, 0.25) is 0 Å². The van der Waals surface area contributed by atoms with Crippen LogP contribution in [0.5, 0.6) is 0 Å². The Morgan fingerprint density at radius 1 is 1.39 bits per heavy atom. The maximum absolute atomic E-state index is 12.2. The third kappa shape index (κ3) is 3.88. The number of aromatic amines is 1. The number of nitrogens with one attached hydrogen (secondary N) is 1. The molecule has 3 rings (SSSR count). The predicted molar refractivity (Wildman–Crippen MR) is 92.6 cm³/mol. The summed E-state index contributed by atoms with van der Waals surface area (Å²) in [7, 11) is 0. The molecule has 0 amide bonds. The van der Waals surface area contributed by atoms with Gasteiger partial charge >= 0.3 is 0 Å². The van der Waals surface area contributed by atoms with Crippen LogP contribution in [0.25, 0.3) is 0 Å². The van der Waals surface area contributed by atoms with E-state index in [0.717, 1.165) is 23.7 Å². The summed E-state index contributed by atoms with van der Waals surface area (Å²) in [6, 6.07) is 8.45. The number of nitrogens with two attached hydrogens (primary N) is 1. The number of aromatic nitrogens is 2. The van der Waals surface area contributed by atoms with Crippen molar-refractivity contribution >= 4 is 46.6 Å². The number of hydrogen-bond acceptors (Lipinski definition) is 5. The molecule has 2 aromatic rings. The third-order valence-corrected chi connectivity index (χ3v) is 5.25. The van der Waals surface area contributed by atoms with Gasteiger partial charge in [0, 0.05) is 17.5 Å². The van der Waals surface area contributed by atoms with Gasteiger partial charge in [-0.05, 0) is 12.0 Å². The number of alkyl halides is 2. The Labute approximate surface area is 146 Å². The summed E-state index contributed by atoms with van der Waals surface area (Å²) in [6.45, 7) is 0. The molecule has 0 aliphatic heterocycles. The average Bonchev–Trinajstić information content (AvgIpc) is 3.13. The smallest absolute Gasteiger partial charge is 0.253 e. The molecule has 1 aliphatic rings. The number of H-pyrrole nitrogens is 1. The molecular weight excluding hydrogens is 357 g/mol. The molecule has 3 N–H and O–H groups in total. The first kappa shape index (κ1) is 16.4. The van der Waals surface area contributed by atoms with Crippen LogP contribution in [-0.4, -0.2) is 25.8 Å². The molecule has 1 saturated carbocycles. The van der Waals surface area contributed by atoms with E-state index in [2.05, 4.69) is 9.97 Å². The fourth-order valence-electron chi connectivity index (χ4n) is 2.22. The molecule has 1 aromatic carbocycles. The molecular formula is C15H13Cl2N3O2S. The Bertz CT molecular complexity index is 805. The maximum Gasteiger partial charge on any atom is 0.253 e. The van der Waals surface area contributed by atoms with Gasteiger partial charge in [0.15, 0.2) is 10.9 Å². The number of rotatable bonds is 5. The first-order valence-corrected chi connectivity index (χ1v) is 8.60. The second-order valence-corrected chi connectivity index (χ2v) is 7.83. The molecule has 23 heavy (non-hydrogen) atoms. The lowest BCUT2D eigenvalue weighted by Crippen LogP contribution is -2.11. The van der Waals surface area contributed by atoms with Crippen molar-refractivity contribution < 1.29 is 4.79 Å². The lowest BCUT2D eigenvalue weighted by Gasteiger charge is -2.04. The normalized spacial score (nSPS) is 18.6. The summed E-state index contributed by atoms with van der Waals surface area (Å²) in [5.41, 5.74) is 6.77. The molecule has 1 atom stereocenters. The summed E-state index contributed by atoms with van der Waals surface area (Å²) in [5.74, 6) is 0.351. The van der Waals surface area contributed by atoms with Crippen LogP contribution in [0, 0.1) is 0 Å². The fourth-order valence-corrected chi connectivity index (χ4v) is 3.55. The lowest BCUT2D eigenvalue weighted by atomic mass is 10.1. The number of anilines is 1. The molecule has 0 saturated heterocycles. The third-order valence-electron chi connectivity index (χ3n) is 3.54. The zero-order chi connectivity index (χ0) is 16.6. The van der Waals surface area contributed by atoms with Crippen LogP contribution < -0.4 is 11.3 Å². The van der Waals surface area contributed by atoms with Crippen LogP contribution in [0.1, 0.15) is 28.3 Å². The Morgan fingerprint density at radius 2 is 2.04 bits per heavy atom. The summed E-state index contributed by atoms with van der Waals surface area (Å²) in [5, 5.41) is 0.326. The van der Waals surface area contributed by atoms with Crippen molar-refractivity contribution in [3.63, 3.8) is 0 Å². The van der Waals surface area contributed by atoms with Gasteiger partial charge in [-0.15, -0.1) is 23.2 Å². The largest absolute Gasteiger partial charge is 0.383 e. The monoisotopic (exact) mass is 369 g/mol. The fraction of sp³-hybridized carbons (Fsp3) is 0.267. The molecule has 1 heterocycles. The maximum atomic E-state index is 12.2. The SMILES string of the molecule is Nc1cc(=O)[nH]c(SCC(=O)c2ccc(C3CC3(Cl)Cl)cc2)n1. The molecule has 0 bridgehead atoms. The topological polar surface area (TPSA) is 88.8 Å². The summed E-state index contributed by atoms with van der Waals surface area (Å²) in [6.07, 6.45) is 0.730. The molecule has 1 aliphatic carbocycles. The van der Waals surface area contributed by atoms with Crippen LogP contribution in [-0.2, 0) is 0 Å². The molecule has 8 heteroatoms. The Morgan fingerprint density at radius 3 is 2.61 bits per heavy atom. The zero-order valence-electron chi connectivity index (χ0n) is 11.9. The van der Waals surface area contributed by atoms with E-state index in [1.54, 1.807) is 12.1 Å². The van der Waals surface area contributed by atoms with E-state index in [-0.39, 0.29) is 28.8 Å². The van der Waals surface area contributed by atoms with Crippen LogP contribution in [0.3, 0.4) is 0 Å². The van der Waals surface area contributed by atoms with Crippen molar-refractivity contribution in [3.8, 4) is 0 Å². The number of hydrogen-bond donors (Lipinski definition) is 2. The molecule has 120 valence electrons. The molecule has 1 unspecified atom stereocenters. The lowest BCUT2D eigenvalue weighted by molar-refractivity contribution is 0.102. The van der Waals surface area contributed by atoms with E-state index in [9.17, 15) is 9.59 Å². The molecule has 0 spiro atoms. The van der Waals surface area contributed by atoms with Gasteiger partial charge in [0.05, 0.1) is 5.75 Å². The van der Waals surface area contributed by atoms with Crippen LogP contribution >= 0.6 is 35.0 Å². The number of carbonyl (C=O) groups excluding carboxylic acids is 1. The molecule has 0 radical (unpaired) electrons. The number of carbonyl (C=O) groups is 1. The summed E-state index contributed by atoms with van der Waals surface area (Å²) < 4.78 is -0.674. The van der Waals surface area contributed by atoms with Crippen molar-refractivity contribution in [1.29, 1.82) is 0 Å². The van der Waals surface area contributed by atoms with E-state index in [0.29, 0.717) is 10.7 Å². The van der Waals surface area contributed by atoms with Gasteiger partial charge in [-0.1, -0.05) is 36.0 Å². The summed E-state index contributed by atoms with van der Waals surface area (Å²) >= 11 is 13.2. The van der Waals surface area contributed by atoms with Crippen LogP contribution in [0.4, 0.5) is 5.82 Å². The number of benzene rings is 1. The van der Waals surface area contributed by atoms with Gasteiger partial charge in [0.1, 0.15) is 10.2 Å². The van der Waals surface area contributed by atoms with E-state index in [1.165, 1.54) is 6.07 Å². The second kappa shape index (κ2) is 6.19. The van der Waals surface area contributed by atoms with Crippen LogP contribution in [0.15, 0.2) is 40.3 Å². The van der Waals surface area contributed by atoms with Gasteiger partial charge in [0.25, 0.3) is 5.56 Å². The van der Waals surface area contributed by atoms with Gasteiger partial charge in [-0.25, -0.2) is 4.98 Å². The van der Waals surface area contributed by atoms with Crippen molar-refractivity contribution in [2.45, 2.75) is 21.8 Å². The first-order valence-electron chi connectivity index (χ1n) is 6.86. The number of halogens is 2. The minimum atomic E-state index is -0.674. The molecule has 1 fully saturated rings. The van der Waals surface area contributed by atoms with E-state index in [4.69, 9.17) is 28.9 Å². The van der Waals surface area contributed by atoms with Gasteiger partial charge in [-0.3, -0.25) is 9.59 Å².